The Morgan fingerprint density at radius 2 is 0.804 bits per heavy atom. The maximum Gasteiger partial charge on any atom is 0.296 e. The SMILES string of the molecule is Nc1c(N=Nc2ccc(N=Nc3ccc(O)cc3O)cc2)c(S(=O)(=O)O)cc2cc(S(=O)(=O)O)c(N=Nc3ccc(N=Nc4ccc(O)cc4O)cc3)c(O)c12. The van der Waals surface area contributed by atoms with Crippen molar-refractivity contribution in [3.05, 3.63) is 97.1 Å². The molecule has 0 spiro atoms. The summed E-state index contributed by atoms with van der Waals surface area (Å²) in [6, 6.07) is 20.3. The van der Waals surface area contributed by atoms with Gasteiger partial charge in [-0.2, -0.15) is 37.3 Å². The fraction of sp³-hybridized carbons (Fsp3) is 0. The Bertz CT molecular complexity index is 2680. The maximum atomic E-state index is 12.4. The number of nitrogen functional groups attached to an aromatic ring is 1. The molecule has 0 radical (unpaired) electrons. The zero-order valence-corrected chi connectivity index (χ0v) is 29.6. The van der Waals surface area contributed by atoms with Gasteiger partial charge in [-0.1, -0.05) is 0 Å². The number of phenols is 5. The van der Waals surface area contributed by atoms with Crippen molar-refractivity contribution in [2.75, 3.05) is 5.73 Å². The fourth-order valence-electron chi connectivity index (χ4n) is 4.91. The zero-order chi connectivity index (χ0) is 40.4. The van der Waals surface area contributed by atoms with Crippen LogP contribution in [0, 0.1) is 0 Å². The highest BCUT2D eigenvalue weighted by Gasteiger charge is 2.28. The minimum atomic E-state index is -5.15. The third kappa shape index (κ3) is 8.53. The first kappa shape index (κ1) is 38.3. The Kier molecular flexibility index (Phi) is 10.4. The Morgan fingerprint density at radius 3 is 1.18 bits per heavy atom. The van der Waals surface area contributed by atoms with Crippen LogP contribution < -0.4 is 5.73 Å². The largest absolute Gasteiger partial charge is 0.508 e. The molecule has 0 fully saturated rings. The summed E-state index contributed by atoms with van der Waals surface area (Å²) < 4.78 is 69.8. The molecule has 0 saturated carbocycles. The molecular weight excluding hydrogens is 775 g/mol. The maximum absolute atomic E-state index is 12.4. The van der Waals surface area contributed by atoms with Gasteiger partial charge in [0.2, 0.25) is 0 Å². The van der Waals surface area contributed by atoms with E-state index >= 15 is 0 Å². The Morgan fingerprint density at radius 1 is 0.446 bits per heavy atom. The summed E-state index contributed by atoms with van der Waals surface area (Å²) in [6.45, 7) is 0. The van der Waals surface area contributed by atoms with E-state index in [1.54, 1.807) is 0 Å². The van der Waals surface area contributed by atoms with Crippen LogP contribution in [0.15, 0.2) is 148 Å². The minimum Gasteiger partial charge on any atom is -0.508 e. The van der Waals surface area contributed by atoms with Crippen LogP contribution in [-0.4, -0.2) is 51.5 Å². The second-order valence-electron chi connectivity index (χ2n) is 11.4. The molecule has 6 aromatic carbocycles. The lowest BCUT2D eigenvalue weighted by molar-refractivity contribution is 0.450. The van der Waals surface area contributed by atoms with E-state index in [0.29, 0.717) is 11.4 Å². The molecule has 22 heteroatoms. The average molecular weight is 800 g/mol. The molecule has 0 aliphatic heterocycles. The lowest BCUT2D eigenvalue weighted by Crippen LogP contribution is -2.03. The predicted molar refractivity (Wildman–Crippen MR) is 199 cm³/mol. The molecule has 0 aromatic heterocycles. The van der Waals surface area contributed by atoms with E-state index in [1.165, 1.54) is 72.8 Å². The van der Waals surface area contributed by atoms with Crippen molar-refractivity contribution in [3.8, 4) is 28.7 Å². The van der Waals surface area contributed by atoms with E-state index in [4.69, 9.17) is 5.73 Å². The number of rotatable bonds is 10. The van der Waals surface area contributed by atoms with Gasteiger partial charge in [0.25, 0.3) is 20.2 Å². The molecule has 0 amide bonds. The molecule has 0 saturated heterocycles. The molecule has 0 atom stereocenters. The number of fused-ring (bicyclic) bond motifs is 1. The van der Waals surface area contributed by atoms with Gasteiger partial charge in [0.1, 0.15) is 55.5 Å². The van der Waals surface area contributed by atoms with E-state index in [2.05, 4.69) is 40.9 Å². The van der Waals surface area contributed by atoms with Crippen molar-refractivity contribution in [1.29, 1.82) is 0 Å². The molecule has 0 unspecified atom stereocenters. The van der Waals surface area contributed by atoms with Gasteiger partial charge in [-0.15, -0.1) is 20.5 Å². The molecule has 0 heterocycles. The Balaban J connectivity index is 1.34. The molecule has 20 nitrogen and oxygen atoms in total. The van der Waals surface area contributed by atoms with Gasteiger partial charge in [-0.05, 0) is 90.3 Å². The topological polar surface area (TPSA) is 335 Å². The van der Waals surface area contributed by atoms with Crippen LogP contribution in [0.25, 0.3) is 10.8 Å². The number of aromatic hydroxyl groups is 5. The number of hydrogen-bond acceptors (Lipinski definition) is 18. The molecule has 9 N–H and O–H groups in total. The average Bonchev–Trinajstić information content (AvgIpc) is 3.13. The van der Waals surface area contributed by atoms with Crippen molar-refractivity contribution >= 4 is 82.2 Å². The first-order chi connectivity index (χ1) is 26.5. The minimum absolute atomic E-state index is 0.0766. The van der Waals surface area contributed by atoms with Gasteiger partial charge in [0.15, 0.2) is 5.75 Å². The van der Waals surface area contributed by atoms with Crippen LogP contribution in [-0.2, 0) is 20.2 Å². The first-order valence-corrected chi connectivity index (χ1v) is 18.3. The normalized spacial score (nSPS) is 12.5. The van der Waals surface area contributed by atoms with Gasteiger partial charge in [-0.25, -0.2) is 0 Å². The third-order valence-corrected chi connectivity index (χ3v) is 9.30. The molecule has 56 heavy (non-hydrogen) atoms. The van der Waals surface area contributed by atoms with Crippen molar-refractivity contribution in [2.45, 2.75) is 9.79 Å². The van der Waals surface area contributed by atoms with Crippen molar-refractivity contribution in [3.63, 3.8) is 0 Å². The van der Waals surface area contributed by atoms with Gasteiger partial charge in [-0.3, -0.25) is 9.11 Å². The fourth-order valence-corrected chi connectivity index (χ4v) is 6.24. The zero-order valence-electron chi connectivity index (χ0n) is 28.0. The second-order valence-corrected chi connectivity index (χ2v) is 14.2. The molecule has 284 valence electrons. The highest BCUT2D eigenvalue weighted by atomic mass is 32.2. The second kappa shape index (κ2) is 15.2. The molecule has 0 aliphatic rings. The Labute approximate surface area is 315 Å². The molecule has 0 aliphatic carbocycles. The summed E-state index contributed by atoms with van der Waals surface area (Å²) in [5.74, 6) is -1.91. The number of anilines is 1. The van der Waals surface area contributed by atoms with Crippen LogP contribution in [0.1, 0.15) is 0 Å². The third-order valence-electron chi connectivity index (χ3n) is 7.56. The lowest BCUT2D eigenvalue weighted by atomic mass is 10.1. The molecular formula is C34H25N9O11S2. The summed E-state index contributed by atoms with van der Waals surface area (Å²) in [4.78, 5) is -1.91. The van der Waals surface area contributed by atoms with Crippen molar-refractivity contribution < 1.29 is 51.5 Å². The number of nitrogens with zero attached hydrogens (tertiary/aromatic N) is 8. The van der Waals surface area contributed by atoms with Crippen LogP contribution in [0.5, 0.6) is 28.7 Å². The lowest BCUT2D eigenvalue weighted by Gasteiger charge is -2.14. The smallest absolute Gasteiger partial charge is 0.296 e. The van der Waals surface area contributed by atoms with Crippen LogP contribution >= 0.6 is 0 Å². The number of azo groups is 4. The first-order valence-electron chi connectivity index (χ1n) is 15.5. The van der Waals surface area contributed by atoms with Crippen molar-refractivity contribution in [1.82, 2.24) is 0 Å². The van der Waals surface area contributed by atoms with E-state index in [9.17, 15) is 51.5 Å². The summed E-state index contributed by atoms with van der Waals surface area (Å²) in [5.41, 5.74) is 5.25. The van der Waals surface area contributed by atoms with E-state index in [-0.39, 0.29) is 56.5 Å². The standard InChI is InChI=1S/C34H25N9O11S2/c35-31-30-17(13-28(55(49,50)51)32(31)42-38-20-5-1-18(2-6-20)36-40-24-11-9-22(44)15-26(24)46)14-29(56(52,53)54)33(34(30)48)43-39-21-7-3-19(4-8-21)37-41-25-12-10-23(45)16-27(25)47/h1-16,44-48H,35H2,(H,49,50,51)(H,52,53,54). The summed E-state index contributed by atoms with van der Waals surface area (Å²) in [7, 11) is -10.3. The van der Waals surface area contributed by atoms with Gasteiger partial charge in [0.05, 0.1) is 33.8 Å². The van der Waals surface area contributed by atoms with Crippen LogP contribution in [0.2, 0.25) is 0 Å². The van der Waals surface area contributed by atoms with E-state index in [0.717, 1.165) is 24.3 Å². The summed E-state index contributed by atoms with van der Waals surface area (Å²) in [6.07, 6.45) is 0. The molecule has 6 rings (SSSR count). The predicted octanol–water partition coefficient (Wildman–Crippen LogP) is 9.10. The molecule has 6 aromatic rings. The monoisotopic (exact) mass is 799 g/mol. The van der Waals surface area contributed by atoms with Crippen molar-refractivity contribution in [2.24, 2.45) is 40.9 Å². The molecule has 0 bridgehead atoms. The highest BCUT2D eigenvalue weighted by Crippen LogP contribution is 2.48. The van der Waals surface area contributed by atoms with Crippen LogP contribution in [0.3, 0.4) is 0 Å². The van der Waals surface area contributed by atoms with Gasteiger partial charge < -0.3 is 31.3 Å². The number of hydrogen-bond donors (Lipinski definition) is 8. The summed E-state index contributed by atoms with van der Waals surface area (Å²) in [5, 5.41) is 80.5. The van der Waals surface area contributed by atoms with Gasteiger partial charge in [0, 0.05) is 12.1 Å². The number of phenolic OH excluding ortho intramolecular Hbond substituents is 5. The van der Waals surface area contributed by atoms with E-state index in [1.807, 2.05) is 0 Å². The van der Waals surface area contributed by atoms with Gasteiger partial charge >= 0.3 is 0 Å². The summed E-state index contributed by atoms with van der Waals surface area (Å²) >= 11 is 0. The highest BCUT2D eigenvalue weighted by molar-refractivity contribution is 7.86. The Hall–Kier alpha value is -7.40. The number of benzene rings is 6. The van der Waals surface area contributed by atoms with E-state index < -0.39 is 52.8 Å². The van der Waals surface area contributed by atoms with Crippen LogP contribution in [0.4, 0.5) is 51.2 Å². The quantitative estimate of drug-likeness (QED) is 0.0365. The number of nitrogens with two attached hydrogens (primary N) is 1.